The van der Waals surface area contributed by atoms with E-state index in [0.717, 1.165) is 13.0 Å². The van der Waals surface area contributed by atoms with Gasteiger partial charge in [-0.25, -0.2) is 0 Å². The van der Waals surface area contributed by atoms with Crippen molar-refractivity contribution in [1.29, 1.82) is 0 Å². The number of aliphatic hydroxyl groups is 1. The van der Waals surface area contributed by atoms with Gasteiger partial charge in [-0.2, -0.15) is 0 Å². The van der Waals surface area contributed by atoms with Crippen molar-refractivity contribution in [3.8, 4) is 0 Å². The highest BCUT2D eigenvalue weighted by Gasteiger charge is 2.43. The van der Waals surface area contributed by atoms with Crippen LogP contribution in [-0.4, -0.2) is 40.7 Å². The quantitative estimate of drug-likeness (QED) is 0.758. The Hall–Kier alpha value is -1.32. The first-order valence-electron chi connectivity index (χ1n) is 7.14. The number of H-pyrrole nitrogens is 1. The van der Waals surface area contributed by atoms with Crippen molar-refractivity contribution in [2.24, 2.45) is 5.92 Å². The first-order valence-corrected chi connectivity index (χ1v) is 7.14. The molecule has 0 radical (unpaired) electrons. The van der Waals surface area contributed by atoms with E-state index in [9.17, 15) is 5.11 Å². The van der Waals surface area contributed by atoms with Crippen molar-refractivity contribution < 1.29 is 5.11 Å². The summed E-state index contributed by atoms with van der Waals surface area (Å²) < 4.78 is 0. The predicted octanol–water partition coefficient (Wildman–Crippen LogP) is 2.12. The van der Waals surface area contributed by atoms with Gasteiger partial charge in [-0.15, -0.1) is 0 Å². The van der Waals surface area contributed by atoms with Crippen molar-refractivity contribution in [3.05, 3.63) is 35.5 Å². The van der Waals surface area contributed by atoms with Gasteiger partial charge in [0.1, 0.15) is 0 Å². The monoisotopic (exact) mass is 256 g/mol. The lowest BCUT2D eigenvalue weighted by atomic mass is 9.71. The molecule has 1 fully saturated rings. The third kappa shape index (κ3) is 1.46. The summed E-state index contributed by atoms with van der Waals surface area (Å²) in [5, 5.41) is 12.0. The van der Waals surface area contributed by atoms with Gasteiger partial charge in [-0.05, 0) is 36.6 Å². The number of likely N-dealkylation sites (N-methyl/N-ethyl adjacent to an activating group) is 1. The Morgan fingerprint density at radius 3 is 3.05 bits per heavy atom. The Bertz CT molecular complexity index is 633. The molecule has 4 atom stereocenters. The summed E-state index contributed by atoms with van der Waals surface area (Å²) in [5.41, 5.74) is 3.94. The Morgan fingerprint density at radius 2 is 2.21 bits per heavy atom. The van der Waals surface area contributed by atoms with E-state index >= 15 is 0 Å². The van der Waals surface area contributed by atoms with Crippen LogP contribution >= 0.6 is 0 Å². The van der Waals surface area contributed by atoms with Gasteiger partial charge in [0.2, 0.25) is 0 Å². The molecule has 2 aromatic rings. The molecule has 19 heavy (non-hydrogen) atoms. The molecule has 100 valence electrons. The second kappa shape index (κ2) is 3.84. The van der Waals surface area contributed by atoms with Crippen molar-refractivity contribution in [2.45, 2.75) is 31.4 Å². The van der Waals surface area contributed by atoms with Crippen LogP contribution in [0.2, 0.25) is 0 Å². The lowest BCUT2D eigenvalue weighted by Gasteiger charge is -2.47. The van der Waals surface area contributed by atoms with E-state index in [-0.39, 0.29) is 12.0 Å². The molecule has 0 bridgehead atoms. The van der Waals surface area contributed by atoms with Gasteiger partial charge in [0.05, 0.1) is 6.10 Å². The first kappa shape index (κ1) is 11.5. The topological polar surface area (TPSA) is 39.3 Å². The zero-order chi connectivity index (χ0) is 13.1. The Morgan fingerprint density at radius 1 is 1.37 bits per heavy atom. The Kier molecular flexibility index (Phi) is 2.32. The number of rotatable bonds is 0. The van der Waals surface area contributed by atoms with Crippen molar-refractivity contribution in [2.75, 3.05) is 13.6 Å². The SMILES string of the molecule is C[C@@H]1CN(C)[C@@H]2Cc3c[nH]c4cccc(c34)[C@H]2[C@H]1O. The smallest absolute Gasteiger partial charge is 0.0661 e. The zero-order valence-corrected chi connectivity index (χ0v) is 11.4. The molecule has 1 aliphatic carbocycles. The van der Waals surface area contributed by atoms with Crippen LogP contribution in [-0.2, 0) is 6.42 Å². The van der Waals surface area contributed by atoms with Gasteiger partial charge in [0, 0.05) is 35.6 Å². The van der Waals surface area contributed by atoms with E-state index in [1.165, 1.54) is 22.0 Å². The molecule has 1 aliphatic heterocycles. The molecule has 3 heteroatoms. The molecule has 2 N–H and O–H groups in total. The van der Waals surface area contributed by atoms with Gasteiger partial charge in [-0.1, -0.05) is 19.1 Å². The van der Waals surface area contributed by atoms with E-state index in [2.05, 4.69) is 48.3 Å². The second-order valence-corrected chi connectivity index (χ2v) is 6.29. The van der Waals surface area contributed by atoms with Crippen LogP contribution in [0.1, 0.15) is 24.0 Å². The summed E-state index contributed by atoms with van der Waals surface area (Å²) in [7, 11) is 2.19. The molecule has 0 unspecified atom stereocenters. The van der Waals surface area contributed by atoms with Crippen molar-refractivity contribution in [3.63, 3.8) is 0 Å². The number of fused-ring (bicyclic) bond motifs is 2. The number of likely N-dealkylation sites (tertiary alicyclic amines) is 1. The lowest BCUT2D eigenvalue weighted by Crippen LogP contribution is -2.54. The third-order valence-electron chi connectivity index (χ3n) is 5.12. The van der Waals surface area contributed by atoms with Crippen LogP contribution in [0.15, 0.2) is 24.4 Å². The second-order valence-electron chi connectivity index (χ2n) is 6.29. The third-order valence-corrected chi connectivity index (χ3v) is 5.12. The molecular weight excluding hydrogens is 236 g/mol. The molecule has 0 spiro atoms. The molecule has 1 saturated heterocycles. The van der Waals surface area contributed by atoms with Crippen LogP contribution in [0.3, 0.4) is 0 Å². The van der Waals surface area contributed by atoms with Gasteiger partial charge in [0.15, 0.2) is 0 Å². The van der Waals surface area contributed by atoms with Crippen LogP contribution in [0.25, 0.3) is 10.9 Å². The highest BCUT2D eigenvalue weighted by atomic mass is 16.3. The molecule has 1 aromatic heterocycles. The van der Waals surface area contributed by atoms with E-state index in [4.69, 9.17) is 0 Å². The van der Waals surface area contributed by atoms with Crippen LogP contribution in [0, 0.1) is 5.92 Å². The predicted molar refractivity (Wildman–Crippen MR) is 76.3 cm³/mol. The minimum Gasteiger partial charge on any atom is -0.392 e. The highest BCUT2D eigenvalue weighted by Crippen LogP contribution is 2.44. The van der Waals surface area contributed by atoms with E-state index in [1.807, 2.05) is 0 Å². The summed E-state index contributed by atoms with van der Waals surface area (Å²) in [6.45, 7) is 3.14. The highest BCUT2D eigenvalue weighted by molar-refractivity contribution is 5.88. The van der Waals surface area contributed by atoms with Gasteiger partial charge in [-0.3, -0.25) is 0 Å². The normalized spacial score (nSPS) is 34.5. The van der Waals surface area contributed by atoms with Gasteiger partial charge >= 0.3 is 0 Å². The molecule has 3 nitrogen and oxygen atoms in total. The number of aromatic amines is 1. The molecule has 4 rings (SSSR count). The largest absolute Gasteiger partial charge is 0.392 e. The maximum Gasteiger partial charge on any atom is 0.0661 e. The maximum atomic E-state index is 10.7. The first-order chi connectivity index (χ1) is 9.16. The molecule has 0 amide bonds. The van der Waals surface area contributed by atoms with E-state index in [0.29, 0.717) is 12.0 Å². The molecule has 0 saturated carbocycles. The summed E-state index contributed by atoms with van der Waals surface area (Å²) in [4.78, 5) is 5.80. The average Bonchev–Trinajstić information content (AvgIpc) is 2.81. The van der Waals surface area contributed by atoms with E-state index in [1.54, 1.807) is 0 Å². The molecular formula is C16H20N2O. The minimum atomic E-state index is -0.227. The summed E-state index contributed by atoms with van der Waals surface area (Å²) in [6.07, 6.45) is 2.96. The number of hydrogen-bond acceptors (Lipinski definition) is 2. The minimum absolute atomic E-state index is 0.227. The fraction of sp³-hybridized carbons (Fsp3) is 0.500. The van der Waals surface area contributed by atoms with Crippen LogP contribution < -0.4 is 0 Å². The molecule has 2 heterocycles. The zero-order valence-electron chi connectivity index (χ0n) is 11.4. The summed E-state index contributed by atoms with van der Waals surface area (Å²) >= 11 is 0. The fourth-order valence-electron chi connectivity index (χ4n) is 4.18. The standard InChI is InChI=1S/C16H20N2O/c1-9-8-18(2)13-6-10-7-17-12-5-3-4-11(14(10)12)15(13)16(9)19/h3-5,7,9,13,15-17,19H,6,8H2,1-2H3/t9-,13-,15-,16+/m1/s1. The Labute approximate surface area is 113 Å². The molecule has 2 aliphatic rings. The number of hydrogen-bond donors (Lipinski definition) is 2. The van der Waals surface area contributed by atoms with Crippen LogP contribution in [0.4, 0.5) is 0 Å². The summed E-state index contributed by atoms with van der Waals surface area (Å²) in [5.74, 6) is 0.586. The van der Waals surface area contributed by atoms with E-state index < -0.39 is 0 Å². The number of piperidine rings is 1. The molecule has 1 aromatic carbocycles. The number of aliphatic hydroxyl groups excluding tert-OH is 1. The number of nitrogens with zero attached hydrogens (tertiary/aromatic N) is 1. The lowest BCUT2D eigenvalue weighted by molar-refractivity contribution is -0.0112. The van der Waals surface area contributed by atoms with Gasteiger partial charge < -0.3 is 15.0 Å². The van der Waals surface area contributed by atoms with Crippen molar-refractivity contribution >= 4 is 10.9 Å². The number of aromatic nitrogens is 1. The average molecular weight is 256 g/mol. The van der Waals surface area contributed by atoms with Crippen molar-refractivity contribution in [1.82, 2.24) is 9.88 Å². The maximum absolute atomic E-state index is 10.7. The summed E-state index contributed by atoms with van der Waals surface area (Å²) in [6, 6.07) is 6.86. The van der Waals surface area contributed by atoms with Crippen LogP contribution in [0.5, 0.6) is 0 Å². The van der Waals surface area contributed by atoms with Gasteiger partial charge in [0.25, 0.3) is 0 Å². The Balaban J connectivity index is 1.94. The number of benzene rings is 1. The number of nitrogens with one attached hydrogen (secondary N) is 1. The fourth-order valence-corrected chi connectivity index (χ4v) is 4.18.